The monoisotopic (exact) mass is 248 g/mol. The minimum absolute atomic E-state index is 0.240. The lowest BCUT2D eigenvalue weighted by Crippen LogP contribution is -2.44. The molecule has 90 valence electrons. The summed E-state index contributed by atoms with van der Waals surface area (Å²) in [4.78, 5) is 3.09. The smallest absolute Gasteiger partial charge is 0.124 e. The van der Waals surface area contributed by atoms with Gasteiger partial charge in [0, 0.05) is 12.1 Å². The van der Waals surface area contributed by atoms with Crippen molar-refractivity contribution in [3.63, 3.8) is 0 Å². The SMILES string of the molecule is C[C@]1(N)CCN([C@@H]2COc3ccccc32)C1=S. The Morgan fingerprint density at radius 2 is 2.24 bits per heavy atom. The van der Waals surface area contributed by atoms with Crippen molar-refractivity contribution in [3.05, 3.63) is 29.8 Å². The number of ether oxygens (including phenoxy) is 1. The van der Waals surface area contributed by atoms with Crippen LogP contribution in [0.25, 0.3) is 0 Å². The van der Waals surface area contributed by atoms with E-state index in [0.29, 0.717) is 6.61 Å². The summed E-state index contributed by atoms with van der Waals surface area (Å²) in [5, 5.41) is 0. The van der Waals surface area contributed by atoms with Gasteiger partial charge < -0.3 is 15.4 Å². The first-order valence-electron chi connectivity index (χ1n) is 5.91. The summed E-state index contributed by atoms with van der Waals surface area (Å²) in [6, 6.07) is 8.40. The van der Waals surface area contributed by atoms with Crippen LogP contribution in [0.15, 0.2) is 24.3 Å². The molecule has 2 heterocycles. The zero-order chi connectivity index (χ0) is 12.0. The van der Waals surface area contributed by atoms with Crippen molar-refractivity contribution in [2.75, 3.05) is 13.2 Å². The average Bonchev–Trinajstić information content (AvgIpc) is 2.83. The molecule has 2 atom stereocenters. The number of nitrogens with zero attached hydrogens (tertiary/aromatic N) is 1. The maximum absolute atomic E-state index is 6.18. The molecule has 0 amide bonds. The van der Waals surface area contributed by atoms with Gasteiger partial charge in [0.1, 0.15) is 12.4 Å². The van der Waals surface area contributed by atoms with Gasteiger partial charge in [-0.25, -0.2) is 0 Å². The lowest BCUT2D eigenvalue weighted by Gasteiger charge is -2.27. The molecule has 1 aromatic rings. The van der Waals surface area contributed by atoms with Crippen LogP contribution in [0.2, 0.25) is 0 Å². The molecule has 2 N–H and O–H groups in total. The molecule has 0 aromatic heterocycles. The van der Waals surface area contributed by atoms with Gasteiger partial charge in [-0.1, -0.05) is 30.4 Å². The molecular formula is C13H16N2OS. The Kier molecular flexibility index (Phi) is 2.38. The Labute approximate surface area is 107 Å². The van der Waals surface area contributed by atoms with E-state index in [9.17, 15) is 0 Å². The van der Waals surface area contributed by atoms with Crippen LogP contribution in [-0.2, 0) is 0 Å². The number of para-hydroxylation sites is 1. The molecule has 0 aliphatic carbocycles. The summed E-state index contributed by atoms with van der Waals surface area (Å²) in [6.45, 7) is 3.61. The minimum atomic E-state index is -0.340. The highest BCUT2D eigenvalue weighted by Crippen LogP contribution is 2.39. The van der Waals surface area contributed by atoms with E-state index in [-0.39, 0.29) is 11.6 Å². The van der Waals surface area contributed by atoms with E-state index < -0.39 is 0 Å². The van der Waals surface area contributed by atoms with Gasteiger partial charge in [-0.2, -0.15) is 0 Å². The van der Waals surface area contributed by atoms with Gasteiger partial charge in [-0.05, 0) is 19.4 Å². The zero-order valence-corrected chi connectivity index (χ0v) is 10.7. The molecule has 17 heavy (non-hydrogen) atoms. The summed E-state index contributed by atoms with van der Waals surface area (Å²) in [5.41, 5.74) is 7.06. The van der Waals surface area contributed by atoms with Gasteiger partial charge in [-0.3, -0.25) is 0 Å². The second-order valence-electron chi connectivity index (χ2n) is 5.03. The normalized spacial score (nSPS) is 31.5. The van der Waals surface area contributed by atoms with Crippen molar-refractivity contribution < 1.29 is 4.74 Å². The van der Waals surface area contributed by atoms with E-state index in [2.05, 4.69) is 11.0 Å². The molecule has 0 radical (unpaired) electrons. The first kappa shape index (κ1) is 11.0. The van der Waals surface area contributed by atoms with Crippen molar-refractivity contribution in [1.29, 1.82) is 0 Å². The Hall–Kier alpha value is -1.13. The van der Waals surface area contributed by atoms with Crippen molar-refractivity contribution >= 4 is 17.2 Å². The fraction of sp³-hybridized carbons (Fsp3) is 0.462. The lowest BCUT2D eigenvalue weighted by molar-refractivity contribution is 0.250. The number of benzene rings is 1. The van der Waals surface area contributed by atoms with Crippen molar-refractivity contribution in [1.82, 2.24) is 4.90 Å². The van der Waals surface area contributed by atoms with E-state index in [1.54, 1.807) is 0 Å². The molecule has 2 aliphatic heterocycles. The van der Waals surface area contributed by atoms with Crippen LogP contribution in [0, 0.1) is 0 Å². The van der Waals surface area contributed by atoms with Gasteiger partial charge in [0.25, 0.3) is 0 Å². The third-order valence-corrected chi connectivity index (χ3v) is 4.37. The van der Waals surface area contributed by atoms with Crippen molar-refractivity contribution in [3.8, 4) is 5.75 Å². The maximum Gasteiger partial charge on any atom is 0.124 e. The summed E-state index contributed by atoms with van der Waals surface area (Å²) in [7, 11) is 0. The predicted octanol–water partition coefficient (Wildman–Crippen LogP) is 1.87. The van der Waals surface area contributed by atoms with Crippen LogP contribution in [0.5, 0.6) is 5.75 Å². The van der Waals surface area contributed by atoms with Gasteiger partial charge >= 0.3 is 0 Å². The van der Waals surface area contributed by atoms with Gasteiger partial charge in [-0.15, -0.1) is 0 Å². The molecule has 2 aliphatic rings. The Bertz CT molecular complexity index is 472. The molecule has 0 bridgehead atoms. The second kappa shape index (κ2) is 3.68. The van der Waals surface area contributed by atoms with Crippen molar-refractivity contribution in [2.24, 2.45) is 5.73 Å². The third-order valence-electron chi connectivity index (χ3n) is 3.67. The van der Waals surface area contributed by atoms with E-state index in [1.807, 2.05) is 25.1 Å². The number of fused-ring (bicyclic) bond motifs is 1. The van der Waals surface area contributed by atoms with Crippen LogP contribution in [0.3, 0.4) is 0 Å². The summed E-state index contributed by atoms with van der Waals surface area (Å²) >= 11 is 5.49. The molecule has 1 saturated heterocycles. The molecule has 0 spiro atoms. The number of thiocarbonyl (C=S) groups is 1. The zero-order valence-electron chi connectivity index (χ0n) is 9.85. The number of hydrogen-bond acceptors (Lipinski definition) is 3. The highest BCUT2D eigenvalue weighted by Gasteiger charge is 2.41. The van der Waals surface area contributed by atoms with Crippen LogP contribution >= 0.6 is 12.2 Å². The van der Waals surface area contributed by atoms with Crippen LogP contribution in [-0.4, -0.2) is 28.6 Å². The number of hydrogen-bond donors (Lipinski definition) is 1. The lowest BCUT2D eigenvalue weighted by atomic mass is 10.0. The second-order valence-corrected chi connectivity index (χ2v) is 5.42. The van der Waals surface area contributed by atoms with Gasteiger partial charge in [0.05, 0.1) is 16.6 Å². The summed E-state index contributed by atoms with van der Waals surface area (Å²) in [6.07, 6.45) is 0.921. The fourth-order valence-electron chi connectivity index (χ4n) is 2.59. The van der Waals surface area contributed by atoms with Gasteiger partial charge in [0.15, 0.2) is 0 Å². The predicted molar refractivity (Wildman–Crippen MR) is 71.2 cm³/mol. The number of rotatable bonds is 1. The van der Waals surface area contributed by atoms with Crippen LogP contribution in [0.4, 0.5) is 0 Å². The maximum atomic E-state index is 6.18. The van der Waals surface area contributed by atoms with Crippen LogP contribution in [0.1, 0.15) is 24.9 Å². The van der Waals surface area contributed by atoms with E-state index >= 15 is 0 Å². The third kappa shape index (κ3) is 1.63. The van der Waals surface area contributed by atoms with Crippen LogP contribution < -0.4 is 10.5 Å². The molecule has 3 rings (SSSR count). The van der Waals surface area contributed by atoms with Crippen molar-refractivity contribution in [2.45, 2.75) is 24.9 Å². The first-order valence-corrected chi connectivity index (χ1v) is 6.32. The first-order chi connectivity index (χ1) is 8.09. The standard InChI is InChI=1S/C13H16N2OS/c1-13(14)6-7-15(12(13)17)10-8-16-11-5-3-2-4-9(10)11/h2-5,10H,6-8,14H2,1H3/t10-,13+/m1/s1. The molecule has 0 unspecified atom stereocenters. The Morgan fingerprint density at radius 1 is 1.47 bits per heavy atom. The topological polar surface area (TPSA) is 38.5 Å². The average molecular weight is 248 g/mol. The highest BCUT2D eigenvalue weighted by molar-refractivity contribution is 7.80. The highest BCUT2D eigenvalue weighted by atomic mass is 32.1. The number of likely N-dealkylation sites (tertiary alicyclic amines) is 1. The molecular weight excluding hydrogens is 232 g/mol. The minimum Gasteiger partial charge on any atom is -0.491 e. The van der Waals surface area contributed by atoms with E-state index in [1.165, 1.54) is 5.56 Å². The van der Waals surface area contributed by atoms with Gasteiger partial charge in [0.2, 0.25) is 0 Å². The molecule has 4 heteroatoms. The quantitative estimate of drug-likeness (QED) is 0.770. The van der Waals surface area contributed by atoms with E-state index in [4.69, 9.17) is 22.7 Å². The summed E-state index contributed by atoms with van der Waals surface area (Å²) < 4.78 is 5.70. The fourth-order valence-corrected chi connectivity index (χ4v) is 2.91. The Balaban J connectivity index is 1.91. The molecule has 3 nitrogen and oxygen atoms in total. The number of nitrogens with two attached hydrogens (primary N) is 1. The Morgan fingerprint density at radius 3 is 2.94 bits per heavy atom. The van der Waals surface area contributed by atoms with E-state index in [0.717, 1.165) is 23.7 Å². The largest absolute Gasteiger partial charge is 0.491 e. The molecule has 0 saturated carbocycles. The molecule has 1 aromatic carbocycles. The summed E-state index contributed by atoms with van der Waals surface area (Å²) in [5.74, 6) is 0.978. The molecule has 1 fully saturated rings.